The lowest BCUT2D eigenvalue weighted by Crippen LogP contribution is -2.04. The predicted molar refractivity (Wildman–Crippen MR) is 270 cm³/mol. The van der Waals surface area contributed by atoms with Gasteiger partial charge in [-0.1, -0.05) is 131 Å². The number of thioether (sulfide) groups is 1. The zero-order chi connectivity index (χ0) is 47.9. The van der Waals surface area contributed by atoms with E-state index in [2.05, 4.69) is 114 Å². The molecule has 64 heavy (non-hydrogen) atoms. The Balaban J connectivity index is 0.000000213. The summed E-state index contributed by atoms with van der Waals surface area (Å²) in [7, 11) is -6.11. The first-order valence-electron chi connectivity index (χ1n) is 22.0. The number of rotatable bonds is 9. The fourth-order valence-corrected chi connectivity index (χ4v) is 8.38. The Kier molecular flexibility index (Phi) is 20.6. The zero-order valence-electron chi connectivity index (χ0n) is 40.6. The van der Waals surface area contributed by atoms with Crippen LogP contribution in [-0.2, 0) is 19.7 Å². The molecule has 0 fully saturated rings. The van der Waals surface area contributed by atoms with E-state index in [1.807, 2.05) is 58.0 Å². The standard InChI is InChI=1S/2C11H13NO.C11H16O2S.C10H14O2S.C10H14S/c1-7(2)9-4-5-10-11(6-9)13-8(3)12-10;1-7(2)9-5-4-6-10-11(9)12-8(3)13-10;1-4-14(12,13)11-7-5-6-10(8-11)9(2)3;1-8(2)9-5-4-6-10(7-9)13(3,11)12;1-8(2)9-5-4-6-10(7-9)11-3/h2*4-7H,1-3H3;5-9H,4H2,1-3H3;4-8H,1-3H3;4-8H,1-3H3. The summed E-state index contributed by atoms with van der Waals surface area (Å²) >= 11 is 1.80. The first kappa shape index (κ1) is 53.6. The van der Waals surface area contributed by atoms with Gasteiger partial charge in [0.25, 0.3) is 0 Å². The molecule has 0 atom stereocenters. The third-order valence-electron chi connectivity index (χ3n) is 10.3. The van der Waals surface area contributed by atoms with Crippen LogP contribution in [0.3, 0.4) is 0 Å². The van der Waals surface area contributed by atoms with Crippen LogP contribution in [0.4, 0.5) is 0 Å². The third-order valence-corrected chi connectivity index (χ3v) is 13.9. The molecule has 0 N–H and O–H groups in total. The maximum atomic E-state index is 11.6. The van der Waals surface area contributed by atoms with Crippen LogP contribution in [0.1, 0.15) is 145 Å². The molecule has 0 radical (unpaired) electrons. The van der Waals surface area contributed by atoms with Crippen molar-refractivity contribution < 1.29 is 25.7 Å². The number of oxazole rings is 2. The minimum absolute atomic E-state index is 0.161. The van der Waals surface area contributed by atoms with Gasteiger partial charge >= 0.3 is 0 Å². The van der Waals surface area contributed by atoms with E-state index in [9.17, 15) is 16.8 Å². The van der Waals surface area contributed by atoms with Crippen LogP contribution in [0.5, 0.6) is 0 Å². The highest BCUT2D eigenvalue weighted by atomic mass is 32.2. The Morgan fingerprint density at radius 3 is 1.52 bits per heavy atom. The average molecular weight is 927 g/mol. The summed E-state index contributed by atoms with van der Waals surface area (Å²) in [6.45, 7) is 26.7. The Morgan fingerprint density at radius 1 is 0.531 bits per heavy atom. The molecule has 0 aliphatic heterocycles. The second-order valence-electron chi connectivity index (χ2n) is 17.3. The van der Waals surface area contributed by atoms with Crippen molar-refractivity contribution in [2.45, 2.75) is 134 Å². The highest BCUT2D eigenvalue weighted by Crippen LogP contribution is 2.26. The van der Waals surface area contributed by atoms with Crippen molar-refractivity contribution in [1.29, 1.82) is 0 Å². The molecule has 7 rings (SSSR count). The summed E-state index contributed by atoms with van der Waals surface area (Å²) in [6.07, 6.45) is 3.34. The molecule has 0 amide bonds. The van der Waals surface area contributed by atoms with Gasteiger partial charge in [-0.05, 0) is 118 Å². The molecule has 7 aromatic rings. The summed E-state index contributed by atoms with van der Waals surface area (Å²) in [5.41, 5.74) is 9.85. The molecular formula is C53H70N2O6S3. The quantitative estimate of drug-likeness (QED) is 0.130. The molecule has 346 valence electrons. The lowest BCUT2D eigenvalue weighted by molar-refractivity contribution is 0.560. The van der Waals surface area contributed by atoms with Crippen LogP contribution in [0.15, 0.2) is 133 Å². The van der Waals surface area contributed by atoms with E-state index >= 15 is 0 Å². The molecule has 5 aromatic carbocycles. The van der Waals surface area contributed by atoms with E-state index in [1.54, 1.807) is 55.1 Å². The molecule has 0 spiro atoms. The minimum Gasteiger partial charge on any atom is -0.441 e. The van der Waals surface area contributed by atoms with Crippen LogP contribution in [-0.4, -0.2) is 45.1 Å². The van der Waals surface area contributed by atoms with E-state index in [1.165, 1.54) is 27.8 Å². The number of fused-ring (bicyclic) bond motifs is 2. The smallest absolute Gasteiger partial charge is 0.192 e. The maximum Gasteiger partial charge on any atom is 0.192 e. The first-order chi connectivity index (χ1) is 30.0. The van der Waals surface area contributed by atoms with Crippen molar-refractivity contribution in [2.75, 3.05) is 18.3 Å². The Hall–Kier alpha value is -4.71. The molecule has 0 aliphatic rings. The van der Waals surface area contributed by atoms with Gasteiger partial charge in [0.1, 0.15) is 11.0 Å². The third kappa shape index (κ3) is 16.4. The fraction of sp³-hybridized carbons (Fsp3) is 0.396. The van der Waals surface area contributed by atoms with Gasteiger partial charge in [0.2, 0.25) is 0 Å². The van der Waals surface area contributed by atoms with Crippen LogP contribution in [0, 0.1) is 13.8 Å². The number of aromatic nitrogens is 2. The van der Waals surface area contributed by atoms with Crippen molar-refractivity contribution in [1.82, 2.24) is 9.97 Å². The highest BCUT2D eigenvalue weighted by Gasteiger charge is 2.13. The SMILES string of the molecule is CC(C)c1cccc(S(C)(=O)=O)c1.CCS(=O)(=O)c1cccc(C(C)C)c1.CSc1cccc(C(C)C)c1.Cc1nc2c(C(C)C)cccc2o1.Cc1nc2ccc(C(C)C)cc2o1. The number of hydrogen-bond donors (Lipinski definition) is 0. The van der Waals surface area contributed by atoms with E-state index in [0.29, 0.717) is 39.4 Å². The van der Waals surface area contributed by atoms with Gasteiger partial charge in [0.15, 0.2) is 42.6 Å². The highest BCUT2D eigenvalue weighted by molar-refractivity contribution is 7.98. The topological polar surface area (TPSA) is 120 Å². The van der Waals surface area contributed by atoms with Gasteiger partial charge < -0.3 is 8.83 Å². The Morgan fingerprint density at radius 2 is 1.00 bits per heavy atom. The van der Waals surface area contributed by atoms with Gasteiger partial charge in [0, 0.05) is 25.0 Å². The number of hydrogen-bond acceptors (Lipinski definition) is 9. The minimum atomic E-state index is -3.06. The summed E-state index contributed by atoms with van der Waals surface area (Å²) < 4.78 is 56.5. The zero-order valence-corrected chi connectivity index (χ0v) is 43.0. The van der Waals surface area contributed by atoms with Crippen molar-refractivity contribution in [3.63, 3.8) is 0 Å². The molecule has 0 aliphatic carbocycles. The molecule has 0 saturated heterocycles. The van der Waals surface area contributed by atoms with Crippen molar-refractivity contribution in [3.8, 4) is 0 Å². The molecule has 0 unspecified atom stereocenters. The number of para-hydroxylation sites is 1. The van der Waals surface area contributed by atoms with Crippen LogP contribution in [0.25, 0.3) is 22.2 Å². The maximum absolute atomic E-state index is 11.6. The van der Waals surface area contributed by atoms with E-state index in [-0.39, 0.29) is 5.75 Å². The van der Waals surface area contributed by atoms with E-state index in [4.69, 9.17) is 8.83 Å². The molecule has 2 aromatic heterocycles. The number of aryl methyl sites for hydroxylation is 2. The summed E-state index contributed by atoms with van der Waals surface area (Å²) in [5.74, 6) is 4.03. The second kappa shape index (κ2) is 24.5. The molecule has 0 bridgehead atoms. The lowest BCUT2D eigenvalue weighted by Gasteiger charge is -2.07. The largest absolute Gasteiger partial charge is 0.441 e. The summed E-state index contributed by atoms with van der Waals surface area (Å²) in [6, 6.07) is 35.3. The van der Waals surface area contributed by atoms with Gasteiger partial charge in [-0.25, -0.2) is 26.8 Å². The number of nitrogens with zero attached hydrogens (tertiary/aromatic N) is 2. The number of sulfone groups is 2. The molecular weight excluding hydrogens is 857 g/mol. The average Bonchev–Trinajstić information content (AvgIpc) is 3.84. The molecule has 2 heterocycles. The molecule has 0 saturated carbocycles. The van der Waals surface area contributed by atoms with E-state index < -0.39 is 19.7 Å². The van der Waals surface area contributed by atoms with Crippen molar-refractivity contribution in [3.05, 3.63) is 149 Å². The first-order valence-corrected chi connectivity index (χ1v) is 26.7. The van der Waals surface area contributed by atoms with Gasteiger partial charge in [-0.2, -0.15) is 0 Å². The van der Waals surface area contributed by atoms with Crippen LogP contribution < -0.4 is 0 Å². The van der Waals surface area contributed by atoms with Gasteiger partial charge in [0.05, 0.1) is 15.5 Å². The van der Waals surface area contributed by atoms with Crippen molar-refractivity contribution >= 4 is 53.6 Å². The lowest BCUT2D eigenvalue weighted by atomic mass is 10.0. The molecule has 8 nitrogen and oxygen atoms in total. The van der Waals surface area contributed by atoms with Gasteiger partial charge in [-0.3, -0.25) is 0 Å². The Labute approximate surface area is 388 Å². The Bertz CT molecular complexity index is 2760. The normalized spacial score (nSPS) is 11.5. The fourth-order valence-electron chi connectivity index (χ4n) is 6.30. The molecule has 11 heteroatoms. The van der Waals surface area contributed by atoms with Gasteiger partial charge in [-0.15, -0.1) is 11.8 Å². The van der Waals surface area contributed by atoms with E-state index in [0.717, 1.165) is 45.1 Å². The monoisotopic (exact) mass is 926 g/mol. The van der Waals surface area contributed by atoms with Crippen molar-refractivity contribution in [2.24, 2.45) is 0 Å². The summed E-state index contributed by atoms with van der Waals surface area (Å²) in [4.78, 5) is 10.8. The second-order valence-corrected chi connectivity index (χ2v) is 22.4. The summed E-state index contributed by atoms with van der Waals surface area (Å²) in [5, 5.41) is 0. The van der Waals surface area contributed by atoms with Crippen LogP contribution in [0.2, 0.25) is 0 Å². The number of benzene rings is 5. The van der Waals surface area contributed by atoms with Crippen LogP contribution >= 0.6 is 11.8 Å². The predicted octanol–water partition coefficient (Wildman–Crippen LogP) is 14.9.